The van der Waals surface area contributed by atoms with Gasteiger partial charge in [-0.05, 0) is 36.2 Å². The van der Waals surface area contributed by atoms with Crippen LogP contribution in [-0.2, 0) is 6.61 Å². The molecular formula is C22H24N4O2. The number of rotatable bonds is 9. The van der Waals surface area contributed by atoms with Crippen LogP contribution in [0.1, 0.15) is 35.8 Å². The average Bonchev–Trinajstić information content (AvgIpc) is 2.74. The van der Waals surface area contributed by atoms with Gasteiger partial charge in [0, 0.05) is 18.3 Å². The van der Waals surface area contributed by atoms with Gasteiger partial charge in [-0.15, -0.1) is 0 Å². The highest BCUT2D eigenvalue weighted by Crippen LogP contribution is 2.20. The van der Waals surface area contributed by atoms with E-state index in [4.69, 9.17) is 4.74 Å². The zero-order chi connectivity index (χ0) is 19.6. The number of hydrogen-bond acceptors (Lipinski definition) is 5. The maximum Gasteiger partial charge on any atom is 0.270 e. The Morgan fingerprint density at radius 1 is 1.04 bits per heavy atom. The number of carbonyl (C=O) groups excluding carboxylic acids is 1. The maximum absolute atomic E-state index is 12.1. The predicted octanol–water partition coefficient (Wildman–Crippen LogP) is 4.33. The summed E-state index contributed by atoms with van der Waals surface area (Å²) >= 11 is 0. The Labute approximate surface area is 165 Å². The molecule has 144 valence electrons. The van der Waals surface area contributed by atoms with Gasteiger partial charge >= 0.3 is 0 Å². The first-order valence-corrected chi connectivity index (χ1v) is 9.38. The van der Waals surface area contributed by atoms with Crippen LogP contribution in [-0.4, -0.2) is 22.4 Å². The van der Waals surface area contributed by atoms with Gasteiger partial charge < -0.3 is 15.4 Å². The summed E-state index contributed by atoms with van der Waals surface area (Å²) in [6.07, 6.45) is 3.36. The van der Waals surface area contributed by atoms with Crippen LogP contribution >= 0.6 is 0 Å². The second-order valence-electron chi connectivity index (χ2n) is 6.32. The van der Waals surface area contributed by atoms with E-state index in [0.29, 0.717) is 24.7 Å². The average molecular weight is 376 g/mol. The van der Waals surface area contributed by atoms with Crippen molar-refractivity contribution in [3.8, 4) is 5.75 Å². The van der Waals surface area contributed by atoms with E-state index in [2.05, 4.69) is 27.5 Å². The molecule has 3 aromatic rings. The van der Waals surface area contributed by atoms with E-state index in [9.17, 15) is 4.79 Å². The molecule has 0 aliphatic rings. The molecule has 0 aliphatic heterocycles. The fourth-order valence-corrected chi connectivity index (χ4v) is 2.54. The molecule has 0 bridgehead atoms. The number of anilines is 2. The molecule has 0 fully saturated rings. The van der Waals surface area contributed by atoms with Crippen molar-refractivity contribution in [1.82, 2.24) is 15.3 Å². The first-order valence-electron chi connectivity index (χ1n) is 9.38. The molecule has 1 aromatic heterocycles. The lowest BCUT2D eigenvalue weighted by Gasteiger charge is -2.09. The summed E-state index contributed by atoms with van der Waals surface area (Å²) < 4.78 is 5.79. The van der Waals surface area contributed by atoms with Crippen LogP contribution in [0.3, 0.4) is 0 Å². The van der Waals surface area contributed by atoms with E-state index >= 15 is 0 Å². The second-order valence-corrected chi connectivity index (χ2v) is 6.32. The highest BCUT2D eigenvalue weighted by atomic mass is 16.5. The Kier molecular flexibility index (Phi) is 6.95. The van der Waals surface area contributed by atoms with Crippen LogP contribution in [0.4, 0.5) is 11.5 Å². The van der Waals surface area contributed by atoms with Gasteiger partial charge in [-0.1, -0.05) is 43.7 Å². The summed E-state index contributed by atoms with van der Waals surface area (Å²) in [5, 5.41) is 6.03. The first-order chi connectivity index (χ1) is 13.7. The molecule has 0 unspecified atom stereocenters. The highest BCUT2D eigenvalue weighted by Gasteiger charge is 2.08. The minimum atomic E-state index is -0.191. The summed E-state index contributed by atoms with van der Waals surface area (Å²) in [6.45, 7) is 3.25. The highest BCUT2D eigenvalue weighted by molar-refractivity contribution is 5.92. The lowest BCUT2D eigenvalue weighted by molar-refractivity contribution is 0.0948. The van der Waals surface area contributed by atoms with Crippen molar-refractivity contribution < 1.29 is 9.53 Å². The quantitative estimate of drug-likeness (QED) is 0.544. The molecule has 3 rings (SSSR count). The molecular weight excluding hydrogens is 352 g/mol. The second kappa shape index (κ2) is 10.1. The van der Waals surface area contributed by atoms with E-state index in [-0.39, 0.29) is 5.91 Å². The van der Waals surface area contributed by atoms with Gasteiger partial charge in [0.2, 0.25) is 0 Å². The third-order valence-electron chi connectivity index (χ3n) is 4.09. The molecule has 0 spiro atoms. The molecule has 28 heavy (non-hydrogen) atoms. The SMILES string of the molecule is CCCCNC(=O)c1cc(Nc2ccc(OCc3ccccc3)cc2)ncn1. The van der Waals surface area contributed by atoms with Gasteiger partial charge in [-0.2, -0.15) is 0 Å². The van der Waals surface area contributed by atoms with Crippen LogP contribution in [0.5, 0.6) is 5.75 Å². The largest absolute Gasteiger partial charge is 0.489 e. The number of amides is 1. The van der Waals surface area contributed by atoms with E-state index < -0.39 is 0 Å². The summed E-state index contributed by atoms with van der Waals surface area (Å²) in [5.74, 6) is 1.16. The molecule has 6 nitrogen and oxygen atoms in total. The number of nitrogens with one attached hydrogen (secondary N) is 2. The van der Waals surface area contributed by atoms with Crippen LogP contribution in [0.2, 0.25) is 0 Å². The van der Waals surface area contributed by atoms with Crippen LogP contribution in [0.15, 0.2) is 67.0 Å². The van der Waals surface area contributed by atoms with Crippen molar-refractivity contribution in [2.45, 2.75) is 26.4 Å². The molecule has 0 saturated carbocycles. The van der Waals surface area contributed by atoms with E-state index in [1.165, 1.54) is 6.33 Å². The number of ether oxygens (including phenoxy) is 1. The van der Waals surface area contributed by atoms with Crippen molar-refractivity contribution in [2.24, 2.45) is 0 Å². The summed E-state index contributed by atoms with van der Waals surface area (Å²) in [4.78, 5) is 20.3. The zero-order valence-electron chi connectivity index (χ0n) is 15.9. The summed E-state index contributed by atoms with van der Waals surface area (Å²) in [7, 11) is 0. The Balaban J connectivity index is 1.56. The molecule has 0 atom stereocenters. The van der Waals surface area contributed by atoms with Gasteiger partial charge in [0.15, 0.2) is 0 Å². The molecule has 1 heterocycles. The Hall–Kier alpha value is -3.41. The Bertz CT molecular complexity index is 883. The standard InChI is InChI=1S/C22H24N4O2/c1-2-3-13-23-22(27)20-14-21(25-16-24-20)26-18-9-11-19(12-10-18)28-15-17-7-5-4-6-8-17/h4-12,14,16H,2-3,13,15H2,1H3,(H,23,27)(H,24,25,26). The Morgan fingerprint density at radius 2 is 1.82 bits per heavy atom. The van der Waals surface area contributed by atoms with Gasteiger partial charge in [-0.25, -0.2) is 9.97 Å². The summed E-state index contributed by atoms with van der Waals surface area (Å²) in [5.41, 5.74) is 2.31. The molecule has 0 aliphatic carbocycles. The number of aromatic nitrogens is 2. The van der Waals surface area contributed by atoms with Crippen molar-refractivity contribution in [2.75, 3.05) is 11.9 Å². The monoisotopic (exact) mass is 376 g/mol. The molecule has 2 N–H and O–H groups in total. The Morgan fingerprint density at radius 3 is 2.57 bits per heavy atom. The van der Waals surface area contributed by atoms with Crippen LogP contribution in [0, 0.1) is 0 Å². The molecule has 2 aromatic carbocycles. The lowest BCUT2D eigenvalue weighted by Crippen LogP contribution is -2.25. The predicted molar refractivity (Wildman–Crippen MR) is 110 cm³/mol. The van der Waals surface area contributed by atoms with Crippen LogP contribution < -0.4 is 15.4 Å². The fraction of sp³-hybridized carbons (Fsp3) is 0.227. The minimum absolute atomic E-state index is 0.191. The first kappa shape index (κ1) is 19.4. The van der Waals surface area contributed by atoms with Crippen molar-refractivity contribution in [1.29, 1.82) is 0 Å². The molecule has 0 saturated heterocycles. The normalized spacial score (nSPS) is 10.3. The van der Waals surface area contributed by atoms with E-state index in [1.807, 2.05) is 54.6 Å². The minimum Gasteiger partial charge on any atom is -0.489 e. The number of benzene rings is 2. The van der Waals surface area contributed by atoms with E-state index in [1.54, 1.807) is 6.07 Å². The fourth-order valence-electron chi connectivity index (χ4n) is 2.54. The van der Waals surface area contributed by atoms with Gasteiger partial charge in [-0.3, -0.25) is 4.79 Å². The van der Waals surface area contributed by atoms with Crippen LogP contribution in [0.25, 0.3) is 0 Å². The smallest absolute Gasteiger partial charge is 0.270 e. The third kappa shape index (κ3) is 5.81. The number of unbranched alkanes of at least 4 members (excludes halogenated alkanes) is 1. The third-order valence-corrected chi connectivity index (χ3v) is 4.09. The van der Waals surface area contributed by atoms with Crippen molar-refractivity contribution >= 4 is 17.4 Å². The molecule has 0 radical (unpaired) electrons. The molecule has 1 amide bonds. The topological polar surface area (TPSA) is 76.1 Å². The van der Waals surface area contributed by atoms with Crippen molar-refractivity contribution in [3.05, 3.63) is 78.2 Å². The zero-order valence-corrected chi connectivity index (χ0v) is 15.9. The van der Waals surface area contributed by atoms with E-state index in [0.717, 1.165) is 29.8 Å². The van der Waals surface area contributed by atoms with Gasteiger partial charge in [0.25, 0.3) is 5.91 Å². The number of nitrogens with zero attached hydrogens (tertiary/aromatic N) is 2. The lowest BCUT2D eigenvalue weighted by atomic mass is 10.2. The number of hydrogen-bond donors (Lipinski definition) is 2. The van der Waals surface area contributed by atoms with Crippen molar-refractivity contribution in [3.63, 3.8) is 0 Å². The van der Waals surface area contributed by atoms with Gasteiger partial charge in [0.05, 0.1) is 0 Å². The summed E-state index contributed by atoms with van der Waals surface area (Å²) in [6, 6.07) is 19.3. The maximum atomic E-state index is 12.1. The molecule has 6 heteroatoms. The number of carbonyl (C=O) groups is 1. The van der Waals surface area contributed by atoms with Gasteiger partial charge in [0.1, 0.15) is 30.2 Å².